The summed E-state index contributed by atoms with van der Waals surface area (Å²) < 4.78 is 22.4. The summed E-state index contributed by atoms with van der Waals surface area (Å²) >= 11 is 0. The Bertz CT molecular complexity index is 812. The highest BCUT2D eigenvalue weighted by Gasteiger charge is 2.08. The van der Waals surface area contributed by atoms with E-state index in [2.05, 4.69) is 5.32 Å². The van der Waals surface area contributed by atoms with Gasteiger partial charge >= 0.3 is 0 Å². The van der Waals surface area contributed by atoms with Crippen LogP contribution in [0.4, 0.5) is 5.69 Å². The first-order valence-corrected chi connectivity index (χ1v) is 8.79. The van der Waals surface area contributed by atoms with Crippen molar-refractivity contribution in [2.75, 3.05) is 5.32 Å². The molecule has 3 N–H and O–H groups in total. The minimum atomic E-state index is -3.68. The lowest BCUT2D eigenvalue weighted by Gasteiger charge is -2.09. The number of amides is 1. The number of nitrogens with one attached hydrogen (secondary N) is 1. The van der Waals surface area contributed by atoms with Crippen LogP contribution in [-0.2, 0) is 21.2 Å². The van der Waals surface area contributed by atoms with Gasteiger partial charge in [0.25, 0.3) is 0 Å². The van der Waals surface area contributed by atoms with Crippen molar-refractivity contribution in [1.82, 2.24) is 0 Å². The van der Waals surface area contributed by atoms with Gasteiger partial charge in [0.2, 0.25) is 15.9 Å². The molecule has 0 saturated carbocycles. The van der Waals surface area contributed by atoms with Gasteiger partial charge in [-0.15, -0.1) is 0 Å². The average Bonchev–Trinajstić information content (AvgIpc) is 2.48. The minimum absolute atomic E-state index is 0.0705. The van der Waals surface area contributed by atoms with E-state index in [1.807, 2.05) is 32.0 Å². The number of aryl methyl sites for hydroxylation is 3. The predicted octanol–water partition coefficient (Wildman–Crippen LogP) is 2.52. The fourth-order valence-electron chi connectivity index (χ4n) is 2.19. The molecule has 5 nitrogen and oxygen atoms in total. The third-order valence-electron chi connectivity index (χ3n) is 3.56. The second-order valence-electron chi connectivity index (χ2n) is 5.56. The molecule has 2 rings (SSSR count). The third kappa shape index (κ3) is 4.91. The number of primary sulfonamides is 1. The number of benzene rings is 2. The molecule has 1 amide bonds. The molecule has 0 aliphatic carbocycles. The molecule has 0 aliphatic rings. The third-order valence-corrected chi connectivity index (χ3v) is 4.49. The largest absolute Gasteiger partial charge is 0.326 e. The maximum absolute atomic E-state index is 12.0. The van der Waals surface area contributed by atoms with Crippen LogP contribution in [0.2, 0.25) is 0 Å². The van der Waals surface area contributed by atoms with E-state index in [9.17, 15) is 13.2 Å². The average molecular weight is 332 g/mol. The quantitative estimate of drug-likeness (QED) is 0.881. The fourth-order valence-corrected chi connectivity index (χ4v) is 2.70. The number of carbonyl (C=O) groups excluding carboxylic acids is 1. The second kappa shape index (κ2) is 6.93. The summed E-state index contributed by atoms with van der Waals surface area (Å²) in [4.78, 5) is 12.1. The van der Waals surface area contributed by atoms with E-state index in [4.69, 9.17) is 5.14 Å². The molecule has 23 heavy (non-hydrogen) atoms. The maximum Gasteiger partial charge on any atom is 0.238 e. The summed E-state index contributed by atoms with van der Waals surface area (Å²) in [6.07, 6.45) is 0.851. The van der Waals surface area contributed by atoms with E-state index in [0.29, 0.717) is 12.8 Å². The number of sulfonamides is 1. The highest BCUT2D eigenvalue weighted by atomic mass is 32.2. The second-order valence-corrected chi connectivity index (χ2v) is 7.12. The summed E-state index contributed by atoms with van der Waals surface area (Å²) in [5.74, 6) is -0.0748. The van der Waals surface area contributed by atoms with Crippen molar-refractivity contribution in [3.63, 3.8) is 0 Å². The highest BCUT2D eigenvalue weighted by molar-refractivity contribution is 7.89. The predicted molar refractivity (Wildman–Crippen MR) is 90.7 cm³/mol. The lowest BCUT2D eigenvalue weighted by atomic mass is 10.1. The number of hydrogen-bond donors (Lipinski definition) is 2. The maximum atomic E-state index is 12.0. The Morgan fingerprint density at radius 3 is 2.35 bits per heavy atom. The van der Waals surface area contributed by atoms with E-state index < -0.39 is 10.0 Å². The van der Waals surface area contributed by atoms with Crippen molar-refractivity contribution < 1.29 is 13.2 Å². The zero-order chi connectivity index (χ0) is 17.0. The van der Waals surface area contributed by atoms with Crippen LogP contribution in [0.3, 0.4) is 0 Å². The lowest BCUT2D eigenvalue weighted by Crippen LogP contribution is -2.14. The van der Waals surface area contributed by atoms with Gasteiger partial charge < -0.3 is 5.32 Å². The van der Waals surface area contributed by atoms with Crippen LogP contribution in [0, 0.1) is 13.8 Å². The Hall–Kier alpha value is -2.18. The number of anilines is 1. The van der Waals surface area contributed by atoms with Gasteiger partial charge in [-0.1, -0.05) is 24.3 Å². The topological polar surface area (TPSA) is 89.3 Å². The van der Waals surface area contributed by atoms with Crippen molar-refractivity contribution >= 4 is 21.6 Å². The first-order chi connectivity index (χ1) is 10.8. The highest BCUT2D eigenvalue weighted by Crippen LogP contribution is 2.17. The van der Waals surface area contributed by atoms with Gasteiger partial charge in [0.05, 0.1) is 4.90 Å². The van der Waals surface area contributed by atoms with E-state index >= 15 is 0 Å². The van der Waals surface area contributed by atoms with Crippen LogP contribution >= 0.6 is 0 Å². The SMILES string of the molecule is Cc1ccc(C)c(NC(=O)CCc2ccc(S(N)(=O)=O)cc2)c1. The van der Waals surface area contributed by atoms with Crippen molar-refractivity contribution in [2.45, 2.75) is 31.6 Å². The molecule has 6 heteroatoms. The number of carbonyl (C=O) groups is 1. The number of rotatable bonds is 5. The van der Waals surface area contributed by atoms with E-state index in [1.165, 1.54) is 12.1 Å². The van der Waals surface area contributed by atoms with Gasteiger partial charge in [0, 0.05) is 12.1 Å². The molecule has 0 saturated heterocycles. The zero-order valence-corrected chi connectivity index (χ0v) is 14.0. The van der Waals surface area contributed by atoms with Crippen LogP contribution < -0.4 is 10.5 Å². The molecule has 0 bridgehead atoms. The summed E-state index contributed by atoms with van der Waals surface area (Å²) in [6, 6.07) is 12.2. The van der Waals surface area contributed by atoms with E-state index in [0.717, 1.165) is 22.4 Å². The molecule has 0 atom stereocenters. The molecule has 0 unspecified atom stereocenters. The van der Waals surface area contributed by atoms with Gasteiger partial charge in [0.15, 0.2) is 0 Å². The van der Waals surface area contributed by atoms with Crippen LogP contribution in [0.15, 0.2) is 47.4 Å². The normalized spacial score (nSPS) is 11.3. The molecule has 0 aliphatic heterocycles. The Morgan fingerprint density at radius 2 is 1.74 bits per heavy atom. The number of hydrogen-bond acceptors (Lipinski definition) is 3. The molecular weight excluding hydrogens is 312 g/mol. The standard InChI is InChI=1S/C17H20N2O3S/c1-12-3-4-13(2)16(11-12)19-17(20)10-7-14-5-8-15(9-6-14)23(18,21)22/h3-6,8-9,11H,7,10H2,1-2H3,(H,19,20)(H2,18,21,22). The molecule has 0 radical (unpaired) electrons. The molecular formula is C17H20N2O3S. The van der Waals surface area contributed by atoms with E-state index in [-0.39, 0.29) is 10.8 Å². The molecule has 0 aromatic heterocycles. The molecule has 0 heterocycles. The van der Waals surface area contributed by atoms with Crippen molar-refractivity contribution in [2.24, 2.45) is 5.14 Å². The monoisotopic (exact) mass is 332 g/mol. The Kier molecular flexibility index (Phi) is 5.18. The molecule has 0 spiro atoms. The van der Waals surface area contributed by atoms with Crippen LogP contribution in [0.1, 0.15) is 23.1 Å². The minimum Gasteiger partial charge on any atom is -0.326 e. The molecule has 2 aromatic carbocycles. The Morgan fingerprint density at radius 1 is 1.09 bits per heavy atom. The summed E-state index contributed by atoms with van der Waals surface area (Å²) in [5.41, 5.74) is 3.80. The van der Waals surface area contributed by atoms with Gasteiger partial charge in [-0.25, -0.2) is 13.6 Å². The summed E-state index contributed by atoms with van der Waals surface area (Å²) in [6.45, 7) is 3.92. The summed E-state index contributed by atoms with van der Waals surface area (Å²) in [7, 11) is -3.68. The van der Waals surface area contributed by atoms with Gasteiger partial charge in [-0.05, 0) is 55.2 Å². The number of nitrogens with two attached hydrogens (primary N) is 1. The van der Waals surface area contributed by atoms with Gasteiger partial charge in [0.1, 0.15) is 0 Å². The van der Waals surface area contributed by atoms with Crippen molar-refractivity contribution in [3.05, 3.63) is 59.2 Å². The van der Waals surface area contributed by atoms with E-state index in [1.54, 1.807) is 12.1 Å². The fraction of sp³-hybridized carbons (Fsp3) is 0.235. The summed E-state index contributed by atoms with van der Waals surface area (Å²) in [5, 5.41) is 7.95. The molecule has 122 valence electrons. The lowest BCUT2D eigenvalue weighted by molar-refractivity contribution is -0.116. The Balaban J connectivity index is 1.95. The zero-order valence-electron chi connectivity index (χ0n) is 13.2. The van der Waals surface area contributed by atoms with Gasteiger partial charge in [-0.3, -0.25) is 4.79 Å². The Labute approximate surface area is 136 Å². The molecule has 2 aromatic rings. The smallest absolute Gasteiger partial charge is 0.238 e. The van der Waals surface area contributed by atoms with Crippen LogP contribution in [0.5, 0.6) is 0 Å². The van der Waals surface area contributed by atoms with Crippen LogP contribution in [0.25, 0.3) is 0 Å². The van der Waals surface area contributed by atoms with Crippen LogP contribution in [-0.4, -0.2) is 14.3 Å². The van der Waals surface area contributed by atoms with Crippen molar-refractivity contribution in [1.29, 1.82) is 0 Å². The molecule has 0 fully saturated rings. The van der Waals surface area contributed by atoms with Gasteiger partial charge in [-0.2, -0.15) is 0 Å². The van der Waals surface area contributed by atoms with Crippen molar-refractivity contribution in [3.8, 4) is 0 Å². The first-order valence-electron chi connectivity index (χ1n) is 7.24. The first kappa shape index (κ1) is 17.2.